The molecular weight excluding hydrogens is 292 g/mol. The van der Waals surface area contributed by atoms with Crippen molar-refractivity contribution < 1.29 is 9.59 Å². The van der Waals surface area contributed by atoms with Gasteiger partial charge in [0, 0.05) is 16.1 Å². The highest BCUT2D eigenvalue weighted by Gasteiger charge is 2.31. The van der Waals surface area contributed by atoms with Gasteiger partial charge in [-0.1, -0.05) is 11.6 Å². The third-order valence-electron chi connectivity index (χ3n) is 3.11. The monoisotopic (exact) mass is 298 g/mol. The largest absolute Gasteiger partial charge is 0.369 e. The van der Waals surface area contributed by atoms with Gasteiger partial charge in [0.05, 0.1) is 12.1 Å². The van der Waals surface area contributed by atoms with Crippen molar-refractivity contribution in [3.63, 3.8) is 0 Å². The number of carbonyl (C=O) groups excluding carboxylic acids is 2. The molecule has 0 saturated carbocycles. The molecule has 1 aliphatic rings. The van der Waals surface area contributed by atoms with E-state index in [1.165, 1.54) is 0 Å². The molecule has 0 atom stereocenters. The van der Waals surface area contributed by atoms with Gasteiger partial charge in [-0.3, -0.25) is 9.59 Å². The van der Waals surface area contributed by atoms with Crippen LogP contribution < -0.4 is 5.73 Å². The molecule has 0 aliphatic heterocycles. The van der Waals surface area contributed by atoms with Gasteiger partial charge in [0.25, 0.3) is 0 Å². The molecule has 3 rings (SSSR count). The highest BCUT2D eigenvalue weighted by atomic mass is 35.5. The number of nitrogens with zero attached hydrogens (tertiary/aromatic N) is 3. The van der Waals surface area contributed by atoms with Crippen LogP contribution in [-0.4, -0.2) is 21.7 Å². The molecule has 1 amide bonds. The Morgan fingerprint density at radius 1 is 1.29 bits per heavy atom. The lowest BCUT2D eigenvalue weighted by Gasteiger charge is -2.04. The summed E-state index contributed by atoms with van der Waals surface area (Å²) in [6.07, 6.45) is -0.215. The normalized spacial score (nSPS) is 11.7. The molecule has 1 aromatic carbocycles. The first-order chi connectivity index (χ1) is 10.0. The Labute approximate surface area is 124 Å². The van der Waals surface area contributed by atoms with Crippen molar-refractivity contribution in [2.45, 2.75) is 6.42 Å². The molecule has 0 radical (unpaired) electrons. The Hall–Kier alpha value is -2.78. The smallest absolute Gasteiger partial charge is 0.223 e. The lowest BCUT2D eigenvalue weighted by atomic mass is 10.1. The zero-order valence-corrected chi connectivity index (χ0v) is 11.3. The van der Waals surface area contributed by atoms with Crippen molar-refractivity contribution in [3.05, 3.63) is 45.9 Å². The van der Waals surface area contributed by atoms with Crippen LogP contribution in [0.3, 0.4) is 0 Å². The molecule has 0 saturated heterocycles. The van der Waals surface area contributed by atoms with Crippen molar-refractivity contribution in [2.24, 2.45) is 5.73 Å². The maximum absolute atomic E-state index is 12.3. The minimum atomic E-state index is -0.628. The number of hydrogen-bond acceptors (Lipinski definition) is 5. The Balaban J connectivity index is 2.27. The molecule has 7 heteroatoms. The first-order valence-corrected chi connectivity index (χ1v) is 6.33. The Bertz CT molecular complexity index is 855. The van der Waals surface area contributed by atoms with E-state index in [0.29, 0.717) is 21.8 Å². The van der Waals surface area contributed by atoms with Crippen LogP contribution in [0, 0.1) is 11.3 Å². The molecule has 1 aliphatic carbocycles. The number of ketones is 1. The number of amides is 1. The van der Waals surface area contributed by atoms with E-state index in [9.17, 15) is 9.59 Å². The third kappa shape index (κ3) is 2.04. The summed E-state index contributed by atoms with van der Waals surface area (Å²) < 4.78 is 0. The van der Waals surface area contributed by atoms with Crippen LogP contribution in [0.15, 0.2) is 18.2 Å². The Morgan fingerprint density at radius 2 is 2.05 bits per heavy atom. The van der Waals surface area contributed by atoms with Crippen LogP contribution in [-0.2, 0) is 11.2 Å². The van der Waals surface area contributed by atoms with E-state index in [2.05, 4.69) is 9.97 Å². The van der Waals surface area contributed by atoms with Gasteiger partial charge in [0.15, 0.2) is 5.69 Å². The maximum Gasteiger partial charge on any atom is 0.223 e. The fourth-order valence-corrected chi connectivity index (χ4v) is 2.40. The van der Waals surface area contributed by atoms with E-state index in [-0.39, 0.29) is 29.3 Å². The lowest BCUT2D eigenvalue weighted by Crippen LogP contribution is -2.17. The average molecular weight is 299 g/mol. The number of primary amides is 1. The van der Waals surface area contributed by atoms with Gasteiger partial charge in [-0.05, 0) is 18.2 Å². The molecule has 102 valence electrons. The minimum absolute atomic E-state index is 0.0696. The summed E-state index contributed by atoms with van der Waals surface area (Å²) in [5, 5.41) is 9.53. The van der Waals surface area contributed by atoms with Crippen molar-refractivity contribution in [1.82, 2.24) is 9.97 Å². The number of nitrogens with two attached hydrogens (primary N) is 1. The number of nitriles is 1. The molecule has 0 spiro atoms. The number of carbonyl (C=O) groups is 2. The summed E-state index contributed by atoms with van der Waals surface area (Å²) in [5.41, 5.74) is 6.62. The summed E-state index contributed by atoms with van der Waals surface area (Å²) in [6.45, 7) is 0. The molecule has 21 heavy (non-hydrogen) atoms. The van der Waals surface area contributed by atoms with Crippen LogP contribution in [0.4, 0.5) is 0 Å². The van der Waals surface area contributed by atoms with Crippen LogP contribution >= 0.6 is 11.6 Å². The number of hydrogen-bond donors (Lipinski definition) is 1. The van der Waals surface area contributed by atoms with Crippen molar-refractivity contribution >= 4 is 23.3 Å². The van der Waals surface area contributed by atoms with Gasteiger partial charge in [-0.15, -0.1) is 0 Å². The molecule has 0 fully saturated rings. The highest BCUT2D eigenvalue weighted by molar-refractivity contribution is 6.31. The number of benzene rings is 1. The van der Waals surface area contributed by atoms with Crippen molar-refractivity contribution in [3.8, 4) is 17.3 Å². The van der Waals surface area contributed by atoms with Crippen molar-refractivity contribution in [1.29, 1.82) is 5.26 Å². The summed E-state index contributed by atoms with van der Waals surface area (Å²) in [6, 6.07) is 6.62. The molecule has 1 aromatic heterocycles. The number of rotatable bonds is 2. The van der Waals surface area contributed by atoms with Gasteiger partial charge < -0.3 is 5.73 Å². The van der Waals surface area contributed by atoms with Gasteiger partial charge >= 0.3 is 0 Å². The van der Waals surface area contributed by atoms with E-state index in [0.717, 1.165) is 0 Å². The van der Waals surface area contributed by atoms with E-state index >= 15 is 0 Å². The molecule has 0 bridgehead atoms. The van der Waals surface area contributed by atoms with Crippen molar-refractivity contribution in [2.75, 3.05) is 0 Å². The Kier molecular flexibility index (Phi) is 2.92. The standard InChI is InChI=1S/C14H7ClN4O2/c15-6-1-2-7-8(3-6)12-13(14(7)21)19-10(5-16)9(18-12)4-11(17)20/h1-3H,4H2,(H2,17,20). The second-order valence-corrected chi connectivity index (χ2v) is 4.93. The first-order valence-electron chi connectivity index (χ1n) is 5.95. The lowest BCUT2D eigenvalue weighted by molar-refractivity contribution is -0.117. The molecule has 2 aromatic rings. The first kappa shape index (κ1) is 13.2. The number of fused-ring (bicyclic) bond motifs is 3. The summed E-state index contributed by atoms with van der Waals surface area (Å²) in [5.74, 6) is -0.942. The summed E-state index contributed by atoms with van der Waals surface area (Å²) in [4.78, 5) is 31.6. The molecule has 0 unspecified atom stereocenters. The molecule has 6 nitrogen and oxygen atoms in total. The molecular formula is C14H7ClN4O2. The second kappa shape index (κ2) is 4.65. The summed E-state index contributed by atoms with van der Waals surface area (Å²) in [7, 11) is 0. The topological polar surface area (TPSA) is 110 Å². The van der Waals surface area contributed by atoms with E-state index in [1.807, 2.05) is 6.07 Å². The van der Waals surface area contributed by atoms with E-state index in [4.69, 9.17) is 22.6 Å². The fourth-order valence-electron chi connectivity index (χ4n) is 2.23. The van der Waals surface area contributed by atoms with Gasteiger partial charge in [-0.25, -0.2) is 9.97 Å². The fraction of sp³-hybridized carbons (Fsp3) is 0.0714. The van der Waals surface area contributed by atoms with Gasteiger partial charge in [0.2, 0.25) is 11.7 Å². The zero-order valence-electron chi connectivity index (χ0n) is 10.6. The van der Waals surface area contributed by atoms with Crippen LogP contribution in [0.25, 0.3) is 11.3 Å². The van der Waals surface area contributed by atoms with E-state index < -0.39 is 5.91 Å². The SMILES string of the molecule is N#Cc1nc2c(nc1CC(N)=O)-c1cc(Cl)ccc1C2=O. The van der Waals surface area contributed by atoms with Gasteiger partial charge in [0.1, 0.15) is 17.5 Å². The number of aromatic nitrogens is 2. The van der Waals surface area contributed by atoms with Crippen LogP contribution in [0.2, 0.25) is 5.02 Å². The highest BCUT2D eigenvalue weighted by Crippen LogP contribution is 2.36. The van der Waals surface area contributed by atoms with Crippen LogP contribution in [0.1, 0.15) is 27.4 Å². The third-order valence-corrected chi connectivity index (χ3v) is 3.35. The predicted octanol–water partition coefficient (Wildman–Crippen LogP) is 1.24. The molecule has 1 heterocycles. The average Bonchev–Trinajstić information content (AvgIpc) is 2.70. The molecule has 2 N–H and O–H groups in total. The maximum atomic E-state index is 12.3. The van der Waals surface area contributed by atoms with Gasteiger partial charge in [-0.2, -0.15) is 5.26 Å². The zero-order chi connectivity index (χ0) is 15.1. The van der Waals surface area contributed by atoms with E-state index in [1.54, 1.807) is 18.2 Å². The number of halogens is 1. The minimum Gasteiger partial charge on any atom is -0.369 e. The summed E-state index contributed by atoms with van der Waals surface area (Å²) >= 11 is 5.93. The predicted molar refractivity (Wildman–Crippen MR) is 73.5 cm³/mol. The quantitative estimate of drug-likeness (QED) is 0.765. The van der Waals surface area contributed by atoms with Crippen LogP contribution in [0.5, 0.6) is 0 Å². The Morgan fingerprint density at radius 3 is 2.71 bits per heavy atom. The second-order valence-electron chi connectivity index (χ2n) is 4.49.